The number of imide groups is 1. The Hall–Kier alpha value is -2.13. The van der Waals surface area contributed by atoms with E-state index < -0.39 is 11.9 Å². The number of nitrogens with two attached hydrogens (primary N) is 1. The van der Waals surface area contributed by atoms with E-state index in [-0.39, 0.29) is 24.6 Å². The SMILES string of the molecule is CCOC(=O)CN(CCN)CCNC(=O)NC(=O)/C(C)=C\OC. The lowest BCUT2D eigenvalue weighted by Gasteiger charge is -2.20. The van der Waals surface area contributed by atoms with Crippen molar-refractivity contribution in [2.24, 2.45) is 5.73 Å². The number of nitrogens with zero attached hydrogens (tertiary/aromatic N) is 1. The number of urea groups is 1. The van der Waals surface area contributed by atoms with Crippen molar-refractivity contribution in [3.05, 3.63) is 11.8 Å². The van der Waals surface area contributed by atoms with Crippen LogP contribution in [-0.2, 0) is 19.1 Å². The second kappa shape index (κ2) is 12.4. The van der Waals surface area contributed by atoms with Crippen LogP contribution in [-0.4, -0.2) is 69.2 Å². The summed E-state index contributed by atoms with van der Waals surface area (Å²) in [6.07, 6.45) is 1.24. The minimum Gasteiger partial charge on any atom is -0.504 e. The van der Waals surface area contributed by atoms with Gasteiger partial charge in [0.05, 0.1) is 26.5 Å². The highest BCUT2D eigenvalue weighted by atomic mass is 16.5. The van der Waals surface area contributed by atoms with Gasteiger partial charge in [-0.3, -0.25) is 19.8 Å². The average molecular weight is 330 g/mol. The van der Waals surface area contributed by atoms with Crippen molar-refractivity contribution in [3.8, 4) is 0 Å². The van der Waals surface area contributed by atoms with Crippen molar-refractivity contribution in [2.75, 3.05) is 46.4 Å². The van der Waals surface area contributed by atoms with Gasteiger partial charge in [0.2, 0.25) is 0 Å². The molecule has 0 radical (unpaired) electrons. The molecule has 4 N–H and O–H groups in total. The minimum absolute atomic E-state index is 0.100. The third kappa shape index (κ3) is 10.3. The highest BCUT2D eigenvalue weighted by Crippen LogP contribution is 1.92. The molecule has 23 heavy (non-hydrogen) atoms. The van der Waals surface area contributed by atoms with Gasteiger partial charge in [0.1, 0.15) is 0 Å². The lowest BCUT2D eigenvalue weighted by Crippen LogP contribution is -2.44. The average Bonchev–Trinajstić information content (AvgIpc) is 2.47. The van der Waals surface area contributed by atoms with Gasteiger partial charge in [-0.15, -0.1) is 0 Å². The number of carbonyl (C=O) groups excluding carboxylic acids is 3. The Bertz CT molecular complexity index is 425. The molecule has 0 aromatic rings. The van der Waals surface area contributed by atoms with Crippen molar-refractivity contribution in [1.82, 2.24) is 15.5 Å². The van der Waals surface area contributed by atoms with Crippen molar-refractivity contribution < 1.29 is 23.9 Å². The van der Waals surface area contributed by atoms with Crippen LogP contribution in [0.1, 0.15) is 13.8 Å². The topological polar surface area (TPSA) is 123 Å². The van der Waals surface area contributed by atoms with Gasteiger partial charge in [0.15, 0.2) is 0 Å². The number of amides is 3. The third-order valence-corrected chi connectivity index (χ3v) is 2.70. The van der Waals surface area contributed by atoms with Crippen LogP contribution in [0.25, 0.3) is 0 Å². The van der Waals surface area contributed by atoms with Gasteiger partial charge < -0.3 is 20.5 Å². The Morgan fingerprint density at radius 2 is 1.96 bits per heavy atom. The van der Waals surface area contributed by atoms with Crippen molar-refractivity contribution in [2.45, 2.75) is 13.8 Å². The number of methoxy groups -OCH3 is 1. The van der Waals surface area contributed by atoms with Crippen LogP contribution in [0.5, 0.6) is 0 Å². The summed E-state index contributed by atoms with van der Waals surface area (Å²) in [4.78, 5) is 36.3. The van der Waals surface area contributed by atoms with Crippen molar-refractivity contribution in [1.29, 1.82) is 0 Å². The molecule has 0 aliphatic carbocycles. The van der Waals surface area contributed by atoms with Crippen LogP contribution < -0.4 is 16.4 Å². The van der Waals surface area contributed by atoms with Crippen LogP contribution >= 0.6 is 0 Å². The predicted octanol–water partition coefficient (Wildman–Crippen LogP) is -0.814. The van der Waals surface area contributed by atoms with E-state index in [4.69, 9.17) is 10.5 Å². The van der Waals surface area contributed by atoms with E-state index in [1.165, 1.54) is 20.3 Å². The first-order valence-electron chi connectivity index (χ1n) is 7.31. The van der Waals surface area contributed by atoms with E-state index in [0.29, 0.717) is 26.2 Å². The molecule has 9 heteroatoms. The normalized spacial score (nSPS) is 11.1. The van der Waals surface area contributed by atoms with Crippen LogP contribution in [0, 0.1) is 0 Å². The number of nitrogens with one attached hydrogen (secondary N) is 2. The Labute approximate surface area is 136 Å². The van der Waals surface area contributed by atoms with Crippen molar-refractivity contribution >= 4 is 17.9 Å². The Balaban J connectivity index is 4.17. The maximum absolute atomic E-state index is 11.6. The van der Waals surface area contributed by atoms with E-state index in [1.807, 2.05) is 0 Å². The minimum atomic E-state index is -0.623. The van der Waals surface area contributed by atoms with E-state index in [2.05, 4.69) is 15.4 Å². The molecule has 0 aromatic carbocycles. The number of hydrogen-bond acceptors (Lipinski definition) is 7. The molecule has 0 aliphatic heterocycles. The molecule has 0 aromatic heterocycles. The zero-order chi connectivity index (χ0) is 17.7. The molecule has 0 fully saturated rings. The molecule has 0 saturated heterocycles. The largest absolute Gasteiger partial charge is 0.504 e. The molecule has 0 bridgehead atoms. The molecular weight excluding hydrogens is 304 g/mol. The number of carbonyl (C=O) groups is 3. The maximum Gasteiger partial charge on any atom is 0.321 e. The van der Waals surface area contributed by atoms with Gasteiger partial charge in [-0.2, -0.15) is 0 Å². The standard InChI is InChI=1S/C14H26N4O5/c1-4-23-12(19)9-18(7-5-15)8-6-16-14(21)17-13(20)11(2)10-22-3/h10H,4-9,15H2,1-3H3,(H2,16,17,20,21)/b11-10-. The summed E-state index contributed by atoms with van der Waals surface area (Å²) >= 11 is 0. The molecule has 0 heterocycles. The Morgan fingerprint density at radius 1 is 1.26 bits per heavy atom. The van der Waals surface area contributed by atoms with Crippen LogP contribution in [0.4, 0.5) is 4.79 Å². The summed E-state index contributed by atoms with van der Waals surface area (Å²) < 4.78 is 9.55. The monoisotopic (exact) mass is 330 g/mol. The molecule has 132 valence electrons. The zero-order valence-corrected chi connectivity index (χ0v) is 13.9. The van der Waals surface area contributed by atoms with Gasteiger partial charge in [-0.1, -0.05) is 0 Å². The van der Waals surface area contributed by atoms with Gasteiger partial charge in [0.25, 0.3) is 5.91 Å². The van der Waals surface area contributed by atoms with E-state index in [1.54, 1.807) is 11.8 Å². The van der Waals surface area contributed by atoms with Crippen LogP contribution in [0.3, 0.4) is 0 Å². The molecule has 0 rings (SSSR count). The molecular formula is C14H26N4O5. The second-order valence-corrected chi connectivity index (χ2v) is 4.62. The molecule has 3 amide bonds. The van der Waals surface area contributed by atoms with Gasteiger partial charge in [0, 0.05) is 31.8 Å². The van der Waals surface area contributed by atoms with E-state index in [9.17, 15) is 14.4 Å². The summed E-state index contributed by atoms with van der Waals surface area (Å²) in [6, 6.07) is -0.623. The van der Waals surface area contributed by atoms with Crippen LogP contribution in [0.2, 0.25) is 0 Å². The van der Waals surface area contributed by atoms with Gasteiger partial charge >= 0.3 is 12.0 Å². The fourth-order valence-corrected chi connectivity index (χ4v) is 1.65. The summed E-state index contributed by atoms with van der Waals surface area (Å²) in [5.41, 5.74) is 5.75. The number of hydrogen-bond donors (Lipinski definition) is 3. The highest BCUT2D eigenvalue weighted by molar-refractivity contribution is 6.03. The molecule has 9 nitrogen and oxygen atoms in total. The summed E-state index contributed by atoms with van der Waals surface area (Å²) in [5.74, 6) is -0.893. The van der Waals surface area contributed by atoms with E-state index in [0.717, 1.165) is 0 Å². The Kier molecular flexibility index (Phi) is 11.3. The second-order valence-electron chi connectivity index (χ2n) is 4.62. The first kappa shape index (κ1) is 20.9. The molecule has 0 saturated carbocycles. The number of ether oxygens (including phenoxy) is 2. The summed E-state index contributed by atoms with van der Waals surface area (Å²) in [6.45, 7) is 5.20. The zero-order valence-electron chi connectivity index (χ0n) is 13.9. The fourth-order valence-electron chi connectivity index (χ4n) is 1.65. The highest BCUT2D eigenvalue weighted by Gasteiger charge is 2.12. The quantitative estimate of drug-likeness (QED) is 0.272. The first-order valence-corrected chi connectivity index (χ1v) is 7.31. The molecule has 0 aliphatic rings. The molecule has 0 spiro atoms. The fraction of sp³-hybridized carbons (Fsp3) is 0.643. The van der Waals surface area contributed by atoms with Gasteiger partial charge in [-0.25, -0.2) is 4.79 Å². The predicted molar refractivity (Wildman–Crippen MR) is 84.4 cm³/mol. The van der Waals surface area contributed by atoms with Crippen LogP contribution in [0.15, 0.2) is 11.8 Å². The van der Waals surface area contributed by atoms with Gasteiger partial charge in [-0.05, 0) is 13.8 Å². The third-order valence-electron chi connectivity index (χ3n) is 2.70. The summed E-state index contributed by atoms with van der Waals surface area (Å²) in [7, 11) is 1.41. The summed E-state index contributed by atoms with van der Waals surface area (Å²) in [5, 5.41) is 4.69. The molecule has 0 unspecified atom stereocenters. The Morgan fingerprint density at radius 3 is 2.52 bits per heavy atom. The maximum atomic E-state index is 11.6. The number of rotatable bonds is 10. The molecule has 0 atom stereocenters. The number of esters is 1. The van der Waals surface area contributed by atoms with Crippen molar-refractivity contribution in [3.63, 3.8) is 0 Å². The lowest BCUT2D eigenvalue weighted by atomic mass is 10.3. The van der Waals surface area contributed by atoms with E-state index >= 15 is 0 Å². The smallest absolute Gasteiger partial charge is 0.321 e. The first-order chi connectivity index (χ1) is 10.9. The lowest BCUT2D eigenvalue weighted by molar-refractivity contribution is -0.144.